The molecule has 0 fully saturated rings. The molecule has 0 heterocycles. The number of ether oxygens (including phenoxy) is 1. The average molecular weight is 443 g/mol. The van der Waals surface area contributed by atoms with E-state index in [0.29, 0.717) is 6.42 Å². The zero-order valence-electron chi connectivity index (χ0n) is 18.1. The zero-order chi connectivity index (χ0) is 21.1. The predicted octanol–water partition coefficient (Wildman–Crippen LogP) is 2.88. The first-order valence-electron chi connectivity index (χ1n) is 10.5. The van der Waals surface area contributed by atoms with Crippen molar-refractivity contribution < 1.29 is 52.4 Å². The van der Waals surface area contributed by atoms with Crippen LogP contribution >= 0.6 is 0 Å². The summed E-state index contributed by atoms with van der Waals surface area (Å²) in [5, 5.41) is 12.3. The molecule has 0 radical (unpaired) electrons. The van der Waals surface area contributed by atoms with Crippen molar-refractivity contribution in [2.24, 2.45) is 0 Å². The van der Waals surface area contributed by atoms with Gasteiger partial charge in [-0.1, -0.05) is 94.4 Å². The van der Waals surface area contributed by atoms with Crippen molar-refractivity contribution in [1.82, 2.24) is 0 Å². The van der Waals surface area contributed by atoms with Gasteiger partial charge in [0.25, 0.3) is 10.1 Å². The van der Waals surface area contributed by atoms with Crippen molar-refractivity contribution in [3.63, 3.8) is 0 Å². The number of hydrogen-bond acceptors (Lipinski definition) is 4. The molecule has 0 unspecified atom stereocenters. The largest absolute Gasteiger partial charge is 1.00 e. The van der Waals surface area contributed by atoms with Crippen molar-refractivity contribution >= 4 is 10.1 Å². The van der Waals surface area contributed by atoms with Crippen LogP contribution in [0.2, 0.25) is 0 Å². The number of para-hydroxylation sites is 2. The first-order chi connectivity index (χ1) is 13.9. The Labute approximate surface area is 202 Å². The van der Waals surface area contributed by atoms with E-state index in [1.165, 1.54) is 69.2 Å². The molecule has 0 spiro atoms. The Bertz CT molecular complexity index is 868. The molecule has 5 nitrogen and oxygen atoms in total. The number of aryl methyl sites for hydroxylation is 1. The quantitative estimate of drug-likeness (QED) is 0.293. The van der Waals surface area contributed by atoms with Crippen LogP contribution in [-0.4, -0.2) is 13.0 Å². The third kappa shape index (κ3) is 8.98. The minimum atomic E-state index is -4.44. The van der Waals surface area contributed by atoms with Crippen LogP contribution in [0, 0.1) is 0 Å². The normalized spacial score (nSPS) is 11.1. The molecule has 0 atom stereocenters. The number of benzene rings is 2. The summed E-state index contributed by atoms with van der Waals surface area (Å²) >= 11 is 0. The fourth-order valence-electron chi connectivity index (χ4n) is 3.36. The van der Waals surface area contributed by atoms with Gasteiger partial charge >= 0.3 is 29.6 Å². The number of hydrogen-bond donors (Lipinski definition) is 1. The van der Waals surface area contributed by atoms with E-state index in [4.69, 9.17) is 4.74 Å². The van der Waals surface area contributed by atoms with Crippen molar-refractivity contribution in [2.45, 2.75) is 76.0 Å². The Kier molecular flexibility index (Phi) is 12.7. The van der Waals surface area contributed by atoms with Crippen LogP contribution in [0.25, 0.3) is 0 Å². The van der Waals surface area contributed by atoms with Gasteiger partial charge in [-0.3, -0.25) is 4.55 Å². The van der Waals surface area contributed by atoms with Crippen molar-refractivity contribution in [2.75, 3.05) is 0 Å². The molecular formula is C23H31NaO5S. The third-order valence-electron chi connectivity index (χ3n) is 4.95. The summed E-state index contributed by atoms with van der Waals surface area (Å²) in [4.78, 5) is -0.350. The van der Waals surface area contributed by atoms with E-state index >= 15 is 0 Å². The molecule has 1 N–H and O–H groups in total. The minimum absolute atomic E-state index is 0. The smallest absolute Gasteiger partial charge is 0.870 e. The number of unbranched alkanes of at least 4 members (excludes halogenated alkanes) is 8. The van der Waals surface area contributed by atoms with E-state index in [2.05, 4.69) is 6.92 Å². The summed E-state index contributed by atoms with van der Waals surface area (Å²) in [7, 11) is -4.44. The molecule has 2 aromatic rings. The molecule has 2 rings (SSSR count). The van der Waals surface area contributed by atoms with Crippen molar-refractivity contribution in [3.05, 3.63) is 48.0 Å². The summed E-state index contributed by atoms with van der Waals surface area (Å²) in [5.74, 6) is -0.224. The molecule has 2 aromatic carbocycles. The van der Waals surface area contributed by atoms with Gasteiger partial charge in [0.15, 0.2) is 0 Å². The van der Waals surface area contributed by atoms with Crippen molar-refractivity contribution in [1.29, 1.82) is 0 Å². The Morgan fingerprint density at radius 1 is 0.867 bits per heavy atom. The van der Waals surface area contributed by atoms with E-state index in [1.54, 1.807) is 12.1 Å². The first-order valence-corrected chi connectivity index (χ1v) is 11.9. The van der Waals surface area contributed by atoms with E-state index in [0.717, 1.165) is 18.4 Å². The molecular weight excluding hydrogens is 411 g/mol. The Hall–Kier alpha value is -1.05. The predicted molar refractivity (Wildman–Crippen MR) is 113 cm³/mol. The van der Waals surface area contributed by atoms with Crippen LogP contribution in [0.15, 0.2) is 47.4 Å². The van der Waals surface area contributed by atoms with E-state index < -0.39 is 10.1 Å². The fraction of sp³-hybridized carbons (Fsp3) is 0.478. The molecule has 30 heavy (non-hydrogen) atoms. The topological polar surface area (TPSA) is 86.7 Å². The van der Waals surface area contributed by atoms with Crippen LogP contribution in [-0.2, 0) is 16.5 Å². The molecule has 0 aromatic heterocycles. The van der Waals surface area contributed by atoms with Gasteiger partial charge in [0.1, 0.15) is 16.4 Å². The van der Waals surface area contributed by atoms with E-state index in [1.807, 2.05) is 6.07 Å². The number of rotatable bonds is 13. The maximum atomic E-state index is 12.3. The average Bonchev–Trinajstić information content (AvgIpc) is 2.68. The van der Waals surface area contributed by atoms with Crippen molar-refractivity contribution in [3.8, 4) is 17.2 Å². The maximum Gasteiger partial charge on any atom is 1.00 e. The van der Waals surface area contributed by atoms with Gasteiger partial charge < -0.3 is 9.84 Å². The standard InChI is InChI=1S/C23H32O5S.Na/c1-2-3-4-5-6-7-8-9-10-14-19-15-13-16-20(24)23(19)28-21-17-11-12-18-22(21)29(25,26)27;/h11-13,15-18,24H,2-10,14H2,1H3,(H,25,26,27);/q;+1/p-1. The second-order valence-corrected chi connectivity index (χ2v) is 8.74. The fourth-order valence-corrected chi connectivity index (χ4v) is 3.97. The van der Waals surface area contributed by atoms with Crippen LogP contribution in [0.3, 0.4) is 0 Å². The molecule has 0 aliphatic rings. The Morgan fingerprint density at radius 3 is 2.10 bits per heavy atom. The molecule has 7 heteroatoms. The van der Waals surface area contributed by atoms with Crippen LogP contribution in [0.1, 0.15) is 70.3 Å². The molecule has 0 aliphatic heterocycles. The van der Waals surface area contributed by atoms with Gasteiger partial charge in [-0.05, 0) is 30.5 Å². The third-order valence-corrected chi connectivity index (χ3v) is 5.84. The van der Waals surface area contributed by atoms with Gasteiger partial charge in [-0.25, -0.2) is 0 Å². The van der Waals surface area contributed by atoms with Crippen LogP contribution in [0.5, 0.6) is 17.2 Å². The minimum Gasteiger partial charge on any atom is -0.870 e. The van der Waals surface area contributed by atoms with Crippen LogP contribution in [0.4, 0.5) is 0 Å². The molecule has 0 aliphatic carbocycles. The second kappa shape index (κ2) is 14.1. The molecule has 160 valence electrons. The monoisotopic (exact) mass is 442 g/mol. The summed E-state index contributed by atoms with van der Waals surface area (Å²) in [6.45, 7) is 2.22. The first kappa shape index (κ1) is 27.0. The Balaban J connectivity index is 0.00000450. The maximum absolute atomic E-state index is 12.3. The van der Waals surface area contributed by atoms with Gasteiger partial charge in [0.05, 0.1) is 0 Å². The van der Waals surface area contributed by atoms with E-state index in [9.17, 15) is 18.1 Å². The Morgan fingerprint density at radius 2 is 1.47 bits per heavy atom. The van der Waals surface area contributed by atoms with E-state index in [-0.39, 0.29) is 51.7 Å². The van der Waals surface area contributed by atoms with Gasteiger partial charge in [-0.2, -0.15) is 8.42 Å². The molecule has 0 saturated heterocycles. The molecule has 0 bridgehead atoms. The van der Waals surface area contributed by atoms with Gasteiger partial charge in [-0.15, -0.1) is 0 Å². The second-order valence-electron chi connectivity index (χ2n) is 7.35. The summed E-state index contributed by atoms with van der Waals surface area (Å²) < 4.78 is 38.2. The van der Waals surface area contributed by atoms with Gasteiger partial charge in [0.2, 0.25) is 0 Å². The zero-order valence-corrected chi connectivity index (χ0v) is 20.9. The summed E-state index contributed by atoms with van der Waals surface area (Å²) in [6.07, 6.45) is 11.6. The summed E-state index contributed by atoms with van der Waals surface area (Å²) in [6, 6.07) is 10.7. The molecule has 0 saturated carbocycles. The van der Waals surface area contributed by atoms with Gasteiger partial charge in [0, 0.05) is 0 Å². The van der Waals surface area contributed by atoms with Crippen LogP contribution < -0.4 is 39.4 Å². The summed E-state index contributed by atoms with van der Waals surface area (Å²) in [5.41, 5.74) is 0.755. The SMILES string of the molecule is CCCCCCCCCCCc1cccc([O-])c1Oc1ccccc1S(=O)(=O)O.[Na+]. The molecule has 0 amide bonds.